The Balaban J connectivity index is 1.48. The van der Waals surface area contributed by atoms with E-state index in [1.807, 2.05) is 6.07 Å². The minimum Gasteiger partial charge on any atom is -0.355 e. The van der Waals surface area contributed by atoms with Crippen molar-refractivity contribution in [2.24, 2.45) is 5.92 Å². The molecule has 0 saturated carbocycles. The van der Waals surface area contributed by atoms with Crippen molar-refractivity contribution in [3.63, 3.8) is 0 Å². The fourth-order valence-corrected chi connectivity index (χ4v) is 3.31. The Hall–Kier alpha value is -2.43. The number of rotatable bonds is 6. The van der Waals surface area contributed by atoms with Crippen molar-refractivity contribution < 1.29 is 4.79 Å². The first-order valence-electron chi connectivity index (χ1n) is 9.07. The van der Waals surface area contributed by atoms with Gasteiger partial charge in [0.15, 0.2) is 0 Å². The standard InChI is InChI=1S/C20H26N4O/c1-16(9-10-17-6-3-2-4-7-17)23-20(25)18-8-5-13-24(15-18)19-14-21-11-12-22-19/h2-4,6-7,11-12,14,16,18H,5,8-10,13,15H2,1H3,(H,23,25). The molecule has 5 heteroatoms. The Morgan fingerprint density at radius 1 is 1.32 bits per heavy atom. The van der Waals surface area contributed by atoms with Crippen LogP contribution >= 0.6 is 0 Å². The van der Waals surface area contributed by atoms with Gasteiger partial charge in [-0.1, -0.05) is 30.3 Å². The number of nitrogens with zero attached hydrogens (tertiary/aromatic N) is 3. The van der Waals surface area contributed by atoms with Crippen molar-refractivity contribution in [3.8, 4) is 0 Å². The van der Waals surface area contributed by atoms with E-state index in [0.717, 1.165) is 44.6 Å². The lowest BCUT2D eigenvalue weighted by atomic mass is 9.96. The third-order valence-corrected chi connectivity index (χ3v) is 4.76. The number of piperidine rings is 1. The van der Waals surface area contributed by atoms with Gasteiger partial charge >= 0.3 is 0 Å². The molecule has 1 fully saturated rings. The van der Waals surface area contributed by atoms with E-state index in [1.54, 1.807) is 18.6 Å². The second-order valence-electron chi connectivity index (χ2n) is 6.78. The van der Waals surface area contributed by atoms with Gasteiger partial charge in [0.05, 0.1) is 12.1 Å². The molecular weight excluding hydrogens is 312 g/mol. The zero-order chi connectivity index (χ0) is 17.5. The Morgan fingerprint density at radius 3 is 2.92 bits per heavy atom. The third kappa shape index (κ3) is 5.02. The number of anilines is 1. The zero-order valence-corrected chi connectivity index (χ0v) is 14.8. The van der Waals surface area contributed by atoms with Crippen molar-refractivity contribution in [2.45, 2.75) is 38.6 Å². The highest BCUT2D eigenvalue weighted by Crippen LogP contribution is 2.21. The lowest BCUT2D eigenvalue weighted by molar-refractivity contribution is -0.125. The monoisotopic (exact) mass is 338 g/mol. The number of amides is 1. The number of carbonyl (C=O) groups is 1. The van der Waals surface area contributed by atoms with Gasteiger partial charge in [-0.05, 0) is 38.2 Å². The molecule has 0 bridgehead atoms. The van der Waals surface area contributed by atoms with Gasteiger partial charge in [-0.25, -0.2) is 4.98 Å². The highest BCUT2D eigenvalue weighted by Gasteiger charge is 2.27. The fourth-order valence-electron chi connectivity index (χ4n) is 3.31. The highest BCUT2D eigenvalue weighted by atomic mass is 16.2. The highest BCUT2D eigenvalue weighted by molar-refractivity contribution is 5.79. The molecule has 1 aromatic heterocycles. The second-order valence-corrected chi connectivity index (χ2v) is 6.78. The van der Waals surface area contributed by atoms with Gasteiger partial charge in [0, 0.05) is 31.5 Å². The van der Waals surface area contributed by atoms with E-state index in [0.29, 0.717) is 0 Å². The molecule has 1 aliphatic heterocycles. The SMILES string of the molecule is CC(CCc1ccccc1)NC(=O)C1CCCN(c2cnccn2)C1. The summed E-state index contributed by atoms with van der Waals surface area (Å²) in [5.74, 6) is 1.04. The van der Waals surface area contributed by atoms with Crippen LogP contribution in [0.3, 0.4) is 0 Å². The Kier molecular flexibility index (Phi) is 5.99. The predicted octanol–water partition coefficient (Wildman–Crippen LogP) is 2.83. The smallest absolute Gasteiger partial charge is 0.225 e. The molecule has 2 unspecified atom stereocenters. The van der Waals surface area contributed by atoms with Crippen LogP contribution in [0.4, 0.5) is 5.82 Å². The number of hydrogen-bond acceptors (Lipinski definition) is 4. The van der Waals surface area contributed by atoms with Crippen LogP contribution in [0.15, 0.2) is 48.9 Å². The van der Waals surface area contributed by atoms with E-state index in [1.165, 1.54) is 5.56 Å². The van der Waals surface area contributed by atoms with Crippen LogP contribution in [0, 0.1) is 5.92 Å². The molecule has 1 amide bonds. The van der Waals surface area contributed by atoms with Gasteiger partial charge in [0.1, 0.15) is 5.82 Å². The van der Waals surface area contributed by atoms with Crippen molar-refractivity contribution in [1.29, 1.82) is 0 Å². The molecule has 3 rings (SSSR count). The summed E-state index contributed by atoms with van der Waals surface area (Å²) in [4.78, 5) is 23.3. The maximum absolute atomic E-state index is 12.6. The van der Waals surface area contributed by atoms with E-state index in [4.69, 9.17) is 0 Å². The molecule has 132 valence electrons. The average molecular weight is 338 g/mol. The lowest BCUT2D eigenvalue weighted by Gasteiger charge is -2.33. The van der Waals surface area contributed by atoms with Crippen molar-refractivity contribution >= 4 is 11.7 Å². The van der Waals surface area contributed by atoms with Crippen molar-refractivity contribution in [3.05, 3.63) is 54.5 Å². The van der Waals surface area contributed by atoms with Gasteiger partial charge in [0.2, 0.25) is 5.91 Å². The third-order valence-electron chi connectivity index (χ3n) is 4.76. The van der Waals surface area contributed by atoms with E-state index < -0.39 is 0 Å². The molecule has 0 radical (unpaired) electrons. The first-order valence-corrected chi connectivity index (χ1v) is 9.07. The Labute approximate surface area is 149 Å². The number of nitrogens with one attached hydrogen (secondary N) is 1. The van der Waals surface area contributed by atoms with Crippen LogP contribution in [0.2, 0.25) is 0 Å². The summed E-state index contributed by atoms with van der Waals surface area (Å²) in [6, 6.07) is 10.6. The van der Waals surface area contributed by atoms with Gasteiger partial charge in [-0.3, -0.25) is 9.78 Å². The zero-order valence-electron chi connectivity index (χ0n) is 14.8. The first kappa shape index (κ1) is 17.4. The number of benzene rings is 1. The molecule has 25 heavy (non-hydrogen) atoms. The molecule has 5 nitrogen and oxygen atoms in total. The Bertz CT molecular complexity index is 662. The average Bonchev–Trinajstić information content (AvgIpc) is 2.68. The van der Waals surface area contributed by atoms with E-state index in [-0.39, 0.29) is 17.9 Å². The first-order chi connectivity index (χ1) is 12.2. The number of hydrogen-bond donors (Lipinski definition) is 1. The Morgan fingerprint density at radius 2 is 2.16 bits per heavy atom. The quantitative estimate of drug-likeness (QED) is 0.880. The molecule has 0 aliphatic carbocycles. The number of aromatic nitrogens is 2. The fraction of sp³-hybridized carbons (Fsp3) is 0.450. The minimum absolute atomic E-state index is 0.0231. The van der Waals surface area contributed by atoms with E-state index >= 15 is 0 Å². The summed E-state index contributed by atoms with van der Waals surface area (Å²) in [6.45, 7) is 3.74. The molecule has 0 spiro atoms. The lowest BCUT2D eigenvalue weighted by Crippen LogP contribution is -2.45. The molecule has 2 atom stereocenters. The normalized spacial score (nSPS) is 18.6. The predicted molar refractivity (Wildman–Crippen MR) is 99.3 cm³/mol. The van der Waals surface area contributed by atoms with Gasteiger partial charge < -0.3 is 10.2 Å². The van der Waals surface area contributed by atoms with Crippen LogP contribution in [-0.2, 0) is 11.2 Å². The summed E-state index contributed by atoms with van der Waals surface area (Å²) < 4.78 is 0. The second kappa shape index (κ2) is 8.60. The van der Waals surface area contributed by atoms with Crippen LogP contribution in [0.25, 0.3) is 0 Å². The molecule has 1 saturated heterocycles. The summed E-state index contributed by atoms with van der Waals surface area (Å²) in [5.41, 5.74) is 1.31. The summed E-state index contributed by atoms with van der Waals surface area (Å²) in [7, 11) is 0. The van der Waals surface area contributed by atoms with Crippen molar-refractivity contribution in [1.82, 2.24) is 15.3 Å². The topological polar surface area (TPSA) is 58.1 Å². The van der Waals surface area contributed by atoms with E-state index in [9.17, 15) is 4.79 Å². The summed E-state index contributed by atoms with van der Waals surface area (Å²) >= 11 is 0. The molecule has 1 aromatic carbocycles. The number of aryl methyl sites for hydroxylation is 1. The molecule has 1 N–H and O–H groups in total. The molecular formula is C20H26N4O. The summed E-state index contributed by atoms with van der Waals surface area (Å²) in [5, 5.41) is 3.19. The van der Waals surface area contributed by atoms with Crippen molar-refractivity contribution in [2.75, 3.05) is 18.0 Å². The van der Waals surface area contributed by atoms with Crippen LogP contribution < -0.4 is 10.2 Å². The summed E-state index contributed by atoms with van der Waals surface area (Å²) in [6.07, 6.45) is 9.02. The van der Waals surface area contributed by atoms with Crippen LogP contribution in [-0.4, -0.2) is 35.0 Å². The van der Waals surface area contributed by atoms with Gasteiger partial charge in [-0.2, -0.15) is 0 Å². The number of carbonyl (C=O) groups excluding carboxylic acids is 1. The van der Waals surface area contributed by atoms with Crippen LogP contribution in [0.5, 0.6) is 0 Å². The van der Waals surface area contributed by atoms with Gasteiger partial charge in [0.25, 0.3) is 0 Å². The maximum atomic E-state index is 12.6. The van der Waals surface area contributed by atoms with E-state index in [2.05, 4.69) is 51.4 Å². The maximum Gasteiger partial charge on any atom is 0.225 e. The molecule has 1 aliphatic rings. The minimum atomic E-state index is 0.0231. The molecule has 2 heterocycles. The largest absolute Gasteiger partial charge is 0.355 e. The molecule has 2 aromatic rings. The van der Waals surface area contributed by atoms with Gasteiger partial charge in [-0.15, -0.1) is 0 Å². The van der Waals surface area contributed by atoms with Crippen LogP contribution in [0.1, 0.15) is 31.7 Å².